The lowest BCUT2D eigenvalue weighted by Crippen LogP contribution is -2.24. The Balaban J connectivity index is 2.49. The summed E-state index contributed by atoms with van der Waals surface area (Å²) in [5.41, 5.74) is 0. The zero-order chi connectivity index (χ0) is 14.1. The molecule has 4 nitrogen and oxygen atoms in total. The zero-order valence-electron chi connectivity index (χ0n) is 11.4. The number of rotatable bonds is 10. The van der Waals surface area contributed by atoms with Gasteiger partial charge in [0.15, 0.2) is 0 Å². The van der Waals surface area contributed by atoms with Crippen molar-refractivity contribution < 1.29 is 8.42 Å². The lowest BCUT2D eigenvalue weighted by Gasteiger charge is -2.03. The topological polar surface area (TPSA) is 58.2 Å². The predicted octanol–water partition coefficient (Wildman–Crippen LogP) is 2.28. The van der Waals surface area contributed by atoms with Crippen molar-refractivity contribution in [2.24, 2.45) is 0 Å². The fourth-order valence-corrected chi connectivity index (χ4v) is 4.36. The molecule has 0 unspecified atom stereocenters. The molecular weight excluding hydrogens is 300 g/mol. The minimum atomic E-state index is -3.32. The van der Waals surface area contributed by atoms with E-state index >= 15 is 0 Å². The van der Waals surface area contributed by atoms with Crippen LogP contribution in [-0.4, -0.2) is 33.5 Å². The zero-order valence-corrected chi connectivity index (χ0v) is 13.9. The monoisotopic (exact) mass is 322 g/mol. The van der Waals surface area contributed by atoms with Crippen LogP contribution >= 0.6 is 23.1 Å². The van der Waals surface area contributed by atoms with Crippen LogP contribution in [0.1, 0.15) is 24.6 Å². The molecular formula is C12H22N2O2S3. The summed E-state index contributed by atoms with van der Waals surface area (Å²) in [5.74, 6) is 0.971. The molecule has 0 bridgehead atoms. The van der Waals surface area contributed by atoms with Gasteiger partial charge in [0.25, 0.3) is 0 Å². The Kier molecular flexibility index (Phi) is 8.01. The highest BCUT2D eigenvalue weighted by molar-refractivity contribution is 7.98. The maximum atomic E-state index is 12.0. The van der Waals surface area contributed by atoms with Gasteiger partial charge in [0, 0.05) is 18.0 Å². The summed E-state index contributed by atoms with van der Waals surface area (Å²) in [6.45, 7) is 4.30. The standard InChI is InChI=1S/C12H22N2O2S3/c1-3-7-13-10-11-5-6-12(18-11)19(15,16)14-8-4-9-17-2/h5-6,13-14H,3-4,7-10H2,1-2H3. The van der Waals surface area contributed by atoms with Crippen LogP contribution in [0.3, 0.4) is 0 Å². The van der Waals surface area contributed by atoms with E-state index in [1.165, 1.54) is 11.3 Å². The van der Waals surface area contributed by atoms with E-state index in [9.17, 15) is 8.42 Å². The first-order valence-corrected chi connectivity index (χ1v) is 10.1. The minimum absolute atomic E-state index is 0.407. The Bertz CT molecular complexity index is 457. The third-order valence-electron chi connectivity index (χ3n) is 2.45. The highest BCUT2D eigenvalue weighted by Gasteiger charge is 2.15. The Morgan fingerprint density at radius 3 is 2.79 bits per heavy atom. The lowest BCUT2D eigenvalue weighted by atomic mass is 10.4. The Labute approximate surface area is 124 Å². The first kappa shape index (κ1) is 17.0. The van der Waals surface area contributed by atoms with Gasteiger partial charge in [-0.15, -0.1) is 11.3 Å². The molecule has 0 aliphatic heterocycles. The normalized spacial score (nSPS) is 11.9. The molecule has 0 saturated heterocycles. The van der Waals surface area contributed by atoms with E-state index in [4.69, 9.17) is 0 Å². The van der Waals surface area contributed by atoms with E-state index in [1.54, 1.807) is 17.8 Å². The molecule has 0 aliphatic carbocycles. The first-order valence-electron chi connectivity index (χ1n) is 6.38. The molecule has 0 radical (unpaired) electrons. The third-order valence-corrected chi connectivity index (χ3v) is 6.18. The number of thiophene rings is 1. The minimum Gasteiger partial charge on any atom is -0.312 e. The van der Waals surface area contributed by atoms with Gasteiger partial charge in [-0.05, 0) is 43.5 Å². The van der Waals surface area contributed by atoms with Gasteiger partial charge in [-0.25, -0.2) is 13.1 Å². The van der Waals surface area contributed by atoms with Crippen LogP contribution in [0.5, 0.6) is 0 Å². The average molecular weight is 323 g/mol. The molecule has 110 valence electrons. The SMILES string of the molecule is CCCNCc1ccc(S(=O)(=O)NCCCSC)s1. The molecule has 0 amide bonds. The van der Waals surface area contributed by atoms with Crippen molar-refractivity contribution in [3.8, 4) is 0 Å². The molecule has 0 atom stereocenters. The molecule has 0 aromatic carbocycles. The second kappa shape index (κ2) is 8.97. The first-order chi connectivity index (χ1) is 9.10. The van der Waals surface area contributed by atoms with Crippen LogP contribution < -0.4 is 10.0 Å². The highest BCUT2D eigenvalue weighted by atomic mass is 32.2. The predicted molar refractivity (Wildman–Crippen MR) is 84.5 cm³/mol. The van der Waals surface area contributed by atoms with E-state index in [2.05, 4.69) is 17.0 Å². The van der Waals surface area contributed by atoms with E-state index in [-0.39, 0.29) is 0 Å². The number of sulfonamides is 1. The van der Waals surface area contributed by atoms with E-state index in [0.29, 0.717) is 10.8 Å². The molecule has 0 saturated carbocycles. The fraction of sp³-hybridized carbons (Fsp3) is 0.667. The van der Waals surface area contributed by atoms with Crippen molar-refractivity contribution in [2.75, 3.05) is 25.1 Å². The van der Waals surface area contributed by atoms with E-state index in [0.717, 1.165) is 36.6 Å². The van der Waals surface area contributed by atoms with Crippen molar-refractivity contribution in [1.82, 2.24) is 10.0 Å². The molecule has 0 spiro atoms. The van der Waals surface area contributed by atoms with Gasteiger partial charge < -0.3 is 5.32 Å². The Hall–Kier alpha value is -0.0800. The Morgan fingerprint density at radius 1 is 1.32 bits per heavy atom. The highest BCUT2D eigenvalue weighted by Crippen LogP contribution is 2.21. The summed E-state index contributed by atoms with van der Waals surface area (Å²) in [6, 6.07) is 3.56. The van der Waals surface area contributed by atoms with E-state index < -0.39 is 10.0 Å². The third kappa shape index (κ3) is 6.27. The van der Waals surface area contributed by atoms with E-state index in [1.807, 2.05) is 12.3 Å². The Morgan fingerprint density at radius 2 is 2.11 bits per heavy atom. The number of nitrogens with one attached hydrogen (secondary N) is 2. The molecule has 1 aromatic heterocycles. The van der Waals surface area contributed by atoms with Crippen LogP contribution in [0.25, 0.3) is 0 Å². The maximum Gasteiger partial charge on any atom is 0.250 e. The van der Waals surface area contributed by atoms with Crippen LogP contribution in [0, 0.1) is 0 Å². The smallest absolute Gasteiger partial charge is 0.250 e. The van der Waals surface area contributed by atoms with Crippen LogP contribution in [0.2, 0.25) is 0 Å². The number of hydrogen-bond donors (Lipinski definition) is 2. The molecule has 1 rings (SSSR count). The second-order valence-electron chi connectivity index (χ2n) is 4.14. The molecule has 1 aromatic rings. The van der Waals surface area contributed by atoms with Crippen molar-refractivity contribution in [3.05, 3.63) is 17.0 Å². The summed E-state index contributed by atoms with van der Waals surface area (Å²) in [4.78, 5) is 1.05. The summed E-state index contributed by atoms with van der Waals surface area (Å²) in [7, 11) is -3.32. The van der Waals surface area contributed by atoms with Crippen LogP contribution in [0.15, 0.2) is 16.3 Å². The molecule has 2 N–H and O–H groups in total. The summed E-state index contributed by atoms with van der Waals surface area (Å²) < 4.78 is 27.1. The summed E-state index contributed by atoms with van der Waals surface area (Å²) >= 11 is 3.06. The van der Waals surface area contributed by atoms with Gasteiger partial charge in [-0.1, -0.05) is 6.92 Å². The molecule has 19 heavy (non-hydrogen) atoms. The van der Waals surface area contributed by atoms with Crippen molar-refractivity contribution >= 4 is 33.1 Å². The van der Waals surface area contributed by atoms with Crippen molar-refractivity contribution in [1.29, 1.82) is 0 Å². The average Bonchev–Trinajstić information content (AvgIpc) is 2.85. The van der Waals surface area contributed by atoms with Gasteiger partial charge in [0.1, 0.15) is 4.21 Å². The fourth-order valence-electron chi connectivity index (χ4n) is 1.48. The summed E-state index contributed by atoms with van der Waals surface area (Å²) in [6.07, 6.45) is 3.95. The summed E-state index contributed by atoms with van der Waals surface area (Å²) in [5, 5.41) is 3.27. The molecule has 0 aliphatic rings. The van der Waals surface area contributed by atoms with Crippen LogP contribution in [-0.2, 0) is 16.6 Å². The molecule has 7 heteroatoms. The van der Waals surface area contributed by atoms with Crippen molar-refractivity contribution in [3.63, 3.8) is 0 Å². The van der Waals surface area contributed by atoms with Gasteiger partial charge in [0.05, 0.1) is 0 Å². The number of thioether (sulfide) groups is 1. The maximum absolute atomic E-state index is 12.0. The number of hydrogen-bond acceptors (Lipinski definition) is 5. The van der Waals surface area contributed by atoms with Gasteiger partial charge in [-0.3, -0.25) is 0 Å². The molecule has 0 fully saturated rings. The molecule has 1 heterocycles. The van der Waals surface area contributed by atoms with Crippen molar-refractivity contribution in [2.45, 2.75) is 30.5 Å². The lowest BCUT2D eigenvalue weighted by molar-refractivity contribution is 0.583. The van der Waals surface area contributed by atoms with Gasteiger partial charge in [-0.2, -0.15) is 11.8 Å². The quantitative estimate of drug-likeness (QED) is 0.649. The van der Waals surface area contributed by atoms with Crippen LogP contribution in [0.4, 0.5) is 0 Å². The van der Waals surface area contributed by atoms with Gasteiger partial charge >= 0.3 is 0 Å². The second-order valence-corrected chi connectivity index (χ2v) is 8.29. The largest absolute Gasteiger partial charge is 0.312 e. The van der Waals surface area contributed by atoms with Gasteiger partial charge in [0.2, 0.25) is 10.0 Å².